The van der Waals surface area contributed by atoms with E-state index < -0.39 is 0 Å². The van der Waals surface area contributed by atoms with Gasteiger partial charge in [0, 0.05) is 30.3 Å². The Morgan fingerprint density at radius 3 is 2.88 bits per heavy atom. The first-order valence-electron chi connectivity index (χ1n) is 8.26. The number of ether oxygens (including phenoxy) is 3. The fourth-order valence-corrected chi connectivity index (χ4v) is 3.14. The summed E-state index contributed by atoms with van der Waals surface area (Å²) in [5, 5.41) is 0. The van der Waals surface area contributed by atoms with Crippen LogP contribution in [0.25, 0.3) is 0 Å². The highest BCUT2D eigenvalue weighted by Crippen LogP contribution is 2.33. The molecule has 2 aliphatic heterocycles. The standard InChI is InChI=1S/C18H19N3O4/c1-11-7-17(20-12(2)19-11)25-14-5-6-21(9-14)18(22)13-3-4-15-16(8-13)24-10-23-15/h3-4,7-8,14H,5-6,9-10H2,1-2H3/t14-/m0/s1. The lowest BCUT2D eigenvalue weighted by molar-refractivity contribution is 0.0770. The van der Waals surface area contributed by atoms with E-state index in [0.29, 0.717) is 41.9 Å². The molecule has 0 bridgehead atoms. The van der Waals surface area contributed by atoms with Crippen LogP contribution in [0.15, 0.2) is 24.3 Å². The first-order valence-corrected chi connectivity index (χ1v) is 8.26. The number of rotatable bonds is 3. The lowest BCUT2D eigenvalue weighted by atomic mass is 10.2. The first-order chi connectivity index (χ1) is 12.1. The molecule has 1 atom stereocenters. The topological polar surface area (TPSA) is 73.8 Å². The van der Waals surface area contributed by atoms with Gasteiger partial charge in [-0.05, 0) is 32.0 Å². The maximum Gasteiger partial charge on any atom is 0.254 e. The number of aromatic nitrogens is 2. The molecule has 7 heteroatoms. The van der Waals surface area contributed by atoms with E-state index in [4.69, 9.17) is 14.2 Å². The van der Waals surface area contributed by atoms with Crippen molar-refractivity contribution in [1.29, 1.82) is 0 Å². The van der Waals surface area contributed by atoms with E-state index in [-0.39, 0.29) is 18.8 Å². The van der Waals surface area contributed by atoms with Gasteiger partial charge in [0.05, 0.1) is 6.54 Å². The van der Waals surface area contributed by atoms with Gasteiger partial charge in [0.1, 0.15) is 11.9 Å². The molecule has 25 heavy (non-hydrogen) atoms. The van der Waals surface area contributed by atoms with E-state index >= 15 is 0 Å². The summed E-state index contributed by atoms with van der Waals surface area (Å²) in [4.78, 5) is 23.0. The zero-order valence-electron chi connectivity index (χ0n) is 14.2. The molecular formula is C18H19N3O4. The van der Waals surface area contributed by atoms with Crippen LogP contribution in [-0.2, 0) is 0 Å². The van der Waals surface area contributed by atoms with Crippen LogP contribution in [0.4, 0.5) is 0 Å². The van der Waals surface area contributed by atoms with Crippen LogP contribution in [0.3, 0.4) is 0 Å². The second-order valence-corrected chi connectivity index (χ2v) is 6.24. The molecule has 0 saturated carbocycles. The minimum absolute atomic E-state index is 0.0283. The second-order valence-electron chi connectivity index (χ2n) is 6.24. The molecule has 1 aromatic heterocycles. The Kier molecular flexibility index (Phi) is 3.91. The Bertz CT molecular complexity index is 804. The summed E-state index contributed by atoms with van der Waals surface area (Å²) in [6.07, 6.45) is 0.713. The van der Waals surface area contributed by atoms with Gasteiger partial charge in [-0.1, -0.05) is 0 Å². The molecule has 4 rings (SSSR count). The molecule has 2 aromatic rings. The minimum Gasteiger partial charge on any atom is -0.472 e. The molecule has 0 spiro atoms. The smallest absolute Gasteiger partial charge is 0.254 e. The summed E-state index contributed by atoms with van der Waals surface area (Å²) >= 11 is 0. The molecule has 0 radical (unpaired) electrons. The maximum absolute atomic E-state index is 12.7. The summed E-state index contributed by atoms with van der Waals surface area (Å²) in [6.45, 7) is 5.14. The maximum atomic E-state index is 12.7. The van der Waals surface area contributed by atoms with Crippen LogP contribution in [0.5, 0.6) is 17.4 Å². The van der Waals surface area contributed by atoms with Gasteiger partial charge in [0.2, 0.25) is 12.7 Å². The fraction of sp³-hybridized carbons (Fsp3) is 0.389. The number of nitrogens with zero attached hydrogens (tertiary/aromatic N) is 3. The summed E-state index contributed by atoms with van der Waals surface area (Å²) in [6, 6.07) is 7.08. The number of fused-ring (bicyclic) bond motifs is 1. The predicted molar refractivity (Wildman–Crippen MR) is 89.0 cm³/mol. The summed E-state index contributed by atoms with van der Waals surface area (Å²) in [7, 11) is 0. The molecule has 0 unspecified atom stereocenters. The number of carbonyl (C=O) groups is 1. The molecule has 0 aliphatic carbocycles. The molecular weight excluding hydrogens is 322 g/mol. The molecule has 1 amide bonds. The highest BCUT2D eigenvalue weighted by Gasteiger charge is 2.29. The average Bonchev–Trinajstić information content (AvgIpc) is 3.21. The molecule has 2 aliphatic rings. The SMILES string of the molecule is Cc1cc(O[C@H]2CCN(C(=O)c3ccc4c(c3)OCO4)C2)nc(C)n1. The number of carbonyl (C=O) groups excluding carboxylic acids is 1. The third-order valence-corrected chi connectivity index (χ3v) is 4.28. The normalized spacial score (nSPS) is 18.5. The van der Waals surface area contributed by atoms with Crippen LogP contribution in [0.2, 0.25) is 0 Å². The number of amides is 1. The van der Waals surface area contributed by atoms with Crippen molar-refractivity contribution in [2.45, 2.75) is 26.4 Å². The number of likely N-dealkylation sites (tertiary alicyclic amines) is 1. The monoisotopic (exact) mass is 341 g/mol. The second kappa shape index (κ2) is 6.23. The van der Waals surface area contributed by atoms with Crippen LogP contribution in [0.1, 0.15) is 28.3 Å². The fourth-order valence-electron chi connectivity index (χ4n) is 3.14. The Morgan fingerprint density at radius 2 is 2.04 bits per heavy atom. The van der Waals surface area contributed by atoms with Crippen molar-refractivity contribution < 1.29 is 19.0 Å². The van der Waals surface area contributed by atoms with Crippen LogP contribution in [0, 0.1) is 13.8 Å². The van der Waals surface area contributed by atoms with Crippen molar-refractivity contribution >= 4 is 5.91 Å². The molecule has 1 fully saturated rings. The van der Waals surface area contributed by atoms with Crippen molar-refractivity contribution in [2.24, 2.45) is 0 Å². The minimum atomic E-state index is -0.0633. The number of benzene rings is 1. The van der Waals surface area contributed by atoms with Crippen molar-refractivity contribution in [3.63, 3.8) is 0 Å². The molecule has 130 valence electrons. The first kappa shape index (κ1) is 15.7. The van der Waals surface area contributed by atoms with Gasteiger partial charge < -0.3 is 19.1 Å². The Hall–Kier alpha value is -2.83. The van der Waals surface area contributed by atoms with E-state index in [1.165, 1.54) is 0 Å². The van der Waals surface area contributed by atoms with E-state index in [1.54, 1.807) is 23.1 Å². The summed E-state index contributed by atoms with van der Waals surface area (Å²) in [5.41, 5.74) is 1.47. The Balaban J connectivity index is 1.42. The average molecular weight is 341 g/mol. The zero-order chi connectivity index (χ0) is 17.4. The van der Waals surface area contributed by atoms with Crippen LogP contribution >= 0.6 is 0 Å². The highest BCUT2D eigenvalue weighted by atomic mass is 16.7. The van der Waals surface area contributed by atoms with E-state index in [2.05, 4.69) is 9.97 Å². The summed E-state index contributed by atoms with van der Waals surface area (Å²) < 4.78 is 16.6. The van der Waals surface area contributed by atoms with E-state index in [0.717, 1.165) is 12.1 Å². The van der Waals surface area contributed by atoms with Gasteiger partial charge in [-0.15, -0.1) is 0 Å². The van der Waals surface area contributed by atoms with Crippen LogP contribution in [-0.4, -0.2) is 46.8 Å². The van der Waals surface area contributed by atoms with Crippen molar-refractivity contribution in [2.75, 3.05) is 19.9 Å². The number of hydrogen-bond acceptors (Lipinski definition) is 6. The van der Waals surface area contributed by atoms with Crippen molar-refractivity contribution in [3.05, 3.63) is 41.3 Å². The molecule has 1 saturated heterocycles. The number of aryl methyl sites for hydroxylation is 2. The van der Waals surface area contributed by atoms with Gasteiger partial charge >= 0.3 is 0 Å². The molecule has 1 aromatic carbocycles. The predicted octanol–water partition coefficient (Wildman–Crippen LogP) is 2.12. The third kappa shape index (κ3) is 3.22. The van der Waals surface area contributed by atoms with Crippen molar-refractivity contribution in [1.82, 2.24) is 14.9 Å². The number of hydrogen-bond donors (Lipinski definition) is 0. The Labute approximate surface area is 145 Å². The lowest BCUT2D eigenvalue weighted by Gasteiger charge is -2.17. The summed E-state index contributed by atoms with van der Waals surface area (Å²) in [5.74, 6) is 2.51. The molecule has 3 heterocycles. The van der Waals surface area contributed by atoms with Crippen LogP contribution < -0.4 is 14.2 Å². The van der Waals surface area contributed by atoms with Gasteiger partial charge in [0.15, 0.2) is 11.5 Å². The molecule has 7 nitrogen and oxygen atoms in total. The van der Waals surface area contributed by atoms with Crippen molar-refractivity contribution in [3.8, 4) is 17.4 Å². The third-order valence-electron chi connectivity index (χ3n) is 4.28. The zero-order valence-corrected chi connectivity index (χ0v) is 14.2. The Morgan fingerprint density at radius 1 is 1.20 bits per heavy atom. The van der Waals surface area contributed by atoms with Gasteiger partial charge in [-0.3, -0.25) is 4.79 Å². The lowest BCUT2D eigenvalue weighted by Crippen LogP contribution is -2.31. The largest absolute Gasteiger partial charge is 0.472 e. The highest BCUT2D eigenvalue weighted by molar-refractivity contribution is 5.95. The van der Waals surface area contributed by atoms with Gasteiger partial charge in [0.25, 0.3) is 5.91 Å². The van der Waals surface area contributed by atoms with E-state index in [1.807, 2.05) is 19.9 Å². The molecule has 0 N–H and O–H groups in total. The van der Waals surface area contributed by atoms with E-state index in [9.17, 15) is 4.79 Å². The van der Waals surface area contributed by atoms with Gasteiger partial charge in [-0.25, -0.2) is 4.98 Å². The quantitative estimate of drug-likeness (QED) is 0.851. The van der Waals surface area contributed by atoms with Gasteiger partial charge in [-0.2, -0.15) is 4.98 Å².